The van der Waals surface area contributed by atoms with Crippen LogP contribution in [0, 0.1) is 0 Å². The van der Waals surface area contributed by atoms with Gasteiger partial charge in [-0.1, -0.05) is 11.6 Å². The number of rotatable bonds is 6. The van der Waals surface area contributed by atoms with E-state index in [1.54, 1.807) is 14.2 Å². The van der Waals surface area contributed by atoms with Gasteiger partial charge in [-0.25, -0.2) is 0 Å². The topological polar surface area (TPSA) is 44.5 Å². The Morgan fingerprint density at radius 1 is 1.33 bits per heavy atom. The molecular formula is C14H22ClNO2. The van der Waals surface area contributed by atoms with E-state index in [9.17, 15) is 0 Å². The van der Waals surface area contributed by atoms with Gasteiger partial charge in [0.05, 0.1) is 12.7 Å². The van der Waals surface area contributed by atoms with Gasteiger partial charge in [-0.3, -0.25) is 0 Å². The monoisotopic (exact) mass is 271 g/mol. The zero-order chi connectivity index (χ0) is 13.8. The summed E-state index contributed by atoms with van der Waals surface area (Å²) in [5.41, 5.74) is 6.98. The molecule has 102 valence electrons. The van der Waals surface area contributed by atoms with Crippen molar-refractivity contribution in [3.8, 4) is 5.75 Å². The SMILES string of the molecule is COc1ccc(Cl)cc1CC(N)CC(C)(C)OC. The van der Waals surface area contributed by atoms with Gasteiger partial charge >= 0.3 is 0 Å². The van der Waals surface area contributed by atoms with Crippen molar-refractivity contribution < 1.29 is 9.47 Å². The van der Waals surface area contributed by atoms with Gasteiger partial charge in [0.15, 0.2) is 0 Å². The molecule has 2 N–H and O–H groups in total. The number of nitrogens with two attached hydrogens (primary N) is 1. The van der Waals surface area contributed by atoms with Crippen LogP contribution in [-0.2, 0) is 11.2 Å². The molecule has 3 nitrogen and oxygen atoms in total. The first-order chi connectivity index (χ1) is 8.38. The lowest BCUT2D eigenvalue weighted by Crippen LogP contribution is -2.35. The average Bonchev–Trinajstić information content (AvgIpc) is 2.28. The first kappa shape index (κ1) is 15.3. The molecule has 1 atom stereocenters. The second-order valence-electron chi connectivity index (χ2n) is 5.09. The van der Waals surface area contributed by atoms with Crippen LogP contribution in [0.15, 0.2) is 18.2 Å². The van der Waals surface area contributed by atoms with Crippen molar-refractivity contribution in [2.24, 2.45) is 5.73 Å². The number of hydrogen-bond acceptors (Lipinski definition) is 3. The van der Waals surface area contributed by atoms with E-state index in [1.807, 2.05) is 32.0 Å². The zero-order valence-corrected chi connectivity index (χ0v) is 12.3. The number of ether oxygens (including phenoxy) is 2. The summed E-state index contributed by atoms with van der Waals surface area (Å²) in [7, 11) is 3.35. The van der Waals surface area contributed by atoms with Gasteiger partial charge in [0.25, 0.3) is 0 Å². The molecule has 1 aromatic rings. The van der Waals surface area contributed by atoms with E-state index in [4.69, 9.17) is 26.8 Å². The quantitative estimate of drug-likeness (QED) is 0.865. The highest BCUT2D eigenvalue weighted by molar-refractivity contribution is 6.30. The number of hydrogen-bond donors (Lipinski definition) is 1. The summed E-state index contributed by atoms with van der Waals surface area (Å²) < 4.78 is 10.7. The van der Waals surface area contributed by atoms with Crippen LogP contribution in [0.5, 0.6) is 5.75 Å². The lowest BCUT2D eigenvalue weighted by Gasteiger charge is -2.26. The van der Waals surface area contributed by atoms with E-state index in [0.29, 0.717) is 5.02 Å². The Bertz CT molecular complexity index is 393. The maximum atomic E-state index is 6.16. The van der Waals surface area contributed by atoms with Crippen LogP contribution in [-0.4, -0.2) is 25.9 Å². The smallest absolute Gasteiger partial charge is 0.122 e. The summed E-state index contributed by atoms with van der Waals surface area (Å²) in [6, 6.07) is 5.59. The third-order valence-corrected chi connectivity index (χ3v) is 3.27. The second-order valence-corrected chi connectivity index (χ2v) is 5.52. The van der Waals surface area contributed by atoms with Crippen LogP contribution in [0.1, 0.15) is 25.8 Å². The predicted octanol–water partition coefficient (Wildman–Crippen LogP) is 3.03. The summed E-state index contributed by atoms with van der Waals surface area (Å²) in [5.74, 6) is 0.824. The first-order valence-corrected chi connectivity index (χ1v) is 6.39. The summed E-state index contributed by atoms with van der Waals surface area (Å²) in [6.45, 7) is 4.06. The van der Waals surface area contributed by atoms with Gasteiger partial charge in [-0.2, -0.15) is 0 Å². The molecule has 4 heteroatoms. The first-order valence-electron chi connectivity index (χ1n) is 6.01. The van der Waals surface area contributed by atoms with Crippen molar-refractivity contribution in [2.45, 2.75) is 38.3 Å². The molecule has 0 fully saturated rings. The van der Waals surface area contributed by atoms with Crippen LogP contribution in [0.3, 0.4) is 0 Å². The molecule has 0 aliphatic carbocycles. The highest BCUT2D eigenvalue weighted by Gasteiger charge is 2.21. The molecule has 0 saturated heterocycles. The molecule has 0 amide bonds. The van der Waals surface area contributed by atoms with Gasteiger partial charge in [-0.05, 0) is 50.5 Å². The van der Waals surface area contributed by atoms with Crippen molar-refractivity contribution in [3.05, 3.63) is 28.8 Å². The molecule has 0 aliphatic rings. The lowest BCUT2D eigenvalue weighted by molar-refractivity contribution is 0.0102. The van der Waals surface area contributed by atoms with Crippen molar-refractivity contribution in [1.82, 2.24) is 0 Å². The molecule has 1 rings (SSSR count). The summed E-state index contributed by atoms with van der Waals surface area (Å²) in [4.78, 5) is 0. The lowest BCUT2D eigenvalue weighted by atomic mass is 9.94. The van der Waals surface area contributed by atoms with Crippen LogP contribution in [0.2, 0.25) is 5.02 Å². The van der Waals surface area contributed by atoms with E-state index in [0.717, 1.165) is 24.2 Å². The number of benzene rings is 1. The Morgan fingerprint density at radius 3 is 2.56 bits per heavy atom. The minimum Gasteiger partial charge on any atom is -0.496 e. The Kier molecular flexibility index (Phi) is 5.45. The van der Waals surface area contributed by atoms with Gasteiger partial charge in [0.2, 0.25) is 0 Å². The minimum absolute atomic E-state index is 0.00677. The summed E-state index contributed by atoms with van der Waals surface area (Å²) >= 11 is 6.00. The molecule has 0 radical (unpaired) electrons. The maximum Gasteiger partial charge on any atom is 0.122 e. The molecule has 0 bridgehead atoms. The van der Waals surface area contributed by atoms with Gasteiger partial charge in [-0.15, -0.1) is 0 Å². The number of methoxy groups -OCH3 is 2. The van der Waals surface area contributed by atoms with Gasteiger partial charge in [0.1, 0.15) is 5.75 Å². The Morgan fingerprint density at radius 2 is 2.00 bits per heavy atom. The van der Waals surface area contributed by atoms with Gasteiger partial charge < -0.3 is 15.2 Å². The molecule has 0 aromatic heterocycles. The third kappa shape index (κ3) is 4.48. The molecule has 0 aliphatic heterocycles. The predicted molar refractivity (Wildman–Crippen MR) is 75.4 cm³/mol. The van der Waals surface area contributed by atoms with E-state index >= 15 is 0 Å². The van der Waals surface area contributed by atoms with E-state index in [-0.39, 0.29) is 11.6 Å². The van der Waals surface area contributed by atoms with E-state index in [2.05, 4.69) is 0 Å². The normalized spacial score (nSPS) is 13.4. The van der Waals surface area contributed by atoms with Crippen LogP contribution in [0.25, 0.3) is 0 Å². The highest BCUT2D eigenvalue weighted by Crippen LogP contribution is 2.25. The largest absolute Gasteiger partial charge is 0.496 e. The van der Waals surface area contributed by atoms with Crippen LogP contribution in [0.4, 0.5) is 0 Å². The Labute approximate surface area is 114 Å². The summed E-state index contributed by atoms with van der Waals surface area (Å²) in [6.07, 6.45) is 1.50. The van der Waals surface area contributed by atoms with E-state index < -0.39 is 0 Å². The second kappa shape index (κ2) is 6.41. The molecule has 18 heavy (non-hydrogen) atoms. The summed E-state index contributed by atoms with van der Waals surface area (Å²) in [5, 5.41) is 0.698. The van der Waals surface area contributed by atoms with Crippen LogP contribution >= 0.6 is 11.6 Å². The fourth-order valence-electron chi connectivity index (χ4n) is 1.98. The molecule has 0 heterocycles. The van der Waals surface area contributed by atoms with E-state index in [1.165, 1.54) is 0 Å². The zero-order valence-electron chi connectivity index (χ0n) is 11.5. The maximum absolute atomic E-state index is 6.16. The molecule has 1 unspecified atom stereocenters. The average molecular weight is 272 g/mol. The van der Waals surface area contributed by atoms with Gasteiger partial charge in [0, 0.05) is 18.2 Å². The Hall–Kier alpha value is -0.770. The molecule has 0 spiro atoms. The van der Waals surface area contributed by atoms with Crippen molar-refractivity contribution in [3.63, 3.8) is 0 Å². The minimum atomic E-state index is -0.217. The number of halogens is 1. The Balaban J connectivity index is 2.75. The van der Waals surface area contributed by atoms with Crippen molar-refractivity contribution in [2.75, 3.05) is 14.2 Å². The van der Waals surface area contributed by atoms with Crippen molar-refractivity contribution in [1.29, 1.82) is 0 Å². The molecule has 1 aromatic carbocycles. The fourth-order valence-corrected chi connectivity index (χ4v) is 2.17. The molecule has 0 saturated carbocycles. The standard InChI is InChI=1S/C14H22ClNO2/c1-14(2,18-4)9-12(16)8-10-7-11(15)5-6-13(10)17-3/h5-7,12H,8-9,16H2,1-4H3. The fraction of sp³-hybridized carbons (Fsp3) is 0.571. The highest BCUT2D eigenvalue weighted by atomic mass is 35.5. The molecular weight excluding hydrogens is 250 g/mol. The van der Waals surface area contributed by atoms with Crippen molar-refractivity contribution >= 4 is 11.6 Å². The van der Waals surface area contributed by atoms with Crippen LogP contribution < -0.4 is 10.5 Å². The third-order valence-electron chi connectivity index (χ3n) is 3.03.